The summed E-state index contributed by atoms with van der Waals surface area (Å²) in [6, 6.07) is 8.24. The third-order valence-corrected chi connectivity index (χ3v) is 4.31. The van der Waals surface area contributed by atoms with Gasteiger partial charge in [0.05, 0.1) is 22.3 Å². The Hall–Kier alpha value is -1.14. The molecule has 0 spiro atoms. The maximum Gasteiger partial charge on any atom is 0.0684 e. The number of rotatable bonds is 4. The fourth-order valence-electron chi connectivity index (χ4n) is 1.47. The van der Waals surface area contributed by atoms with E-state index in [2.05, 4.69) is 6.07 Å². The molecule has 0 aliphatic heterocycles. The summed E-state index contributed by atoms with van der Waals surface area (Å²) >= 11 is 0. The van der Waals surface area contributed by atoms with Crippen molar-refractivity contribution in [1.29, 1.82) is 5.26 Å². The molecule has 3 heteroatoms. The zero-order valence-corrected chi connectivity index (χ0v) is 11.7. The van der Waals surface area contributed by atoms with Crippen molar-refractivity contribution in [2.45, 2.75) is 39.0 Å². The van der Waals surface area contributed by atoms with Crippen molar-refractivity contribution < 1.29 is 4.21 Å². The Bertz CT molecular complexity index is 472. The Morgan fingerprint density at radius 1 is 1.35 bits per heavy atom. The Kier molecular flexibility index (Phi) is 4.47. The van der Waals surface area contributed by atoms with Crippen LogP contribution >= 0.6 is 0 Å². The highest BCUT2D eigenvalue weighted by Crippen LogP contribution is 2.22. The van der Waals surface area contributed by atoms with E-state index in [1.807, 2.05) is 45.9 Å². The van der Waals surface area contributed by atoms with Crippen LogP contribution in [0.5, 0.6) is 0 Å². The zero-order valence-electron chi connectivity index (χ0n) is 10.9. The van der Waals surface area contributed by atoms with Crippen molar-refractivity contribution in [1.82, 2.24) is 0 Å². The van der Waals surface area contributed by atoms with Crippen LogP contribution in [-0.4, -0.2) is 9.96 Å². The summed E-state index contributed by atoms with van der Waals surface area (Å²) in [6.07, 6.45) is 0.656. The molecule has 0 aliphatic carbocycles. The number of hydrogen-bond acceptors (Lipinski definition) is 2. The number of aryl methyl sites for hydroxylation is 2. The van der Waals surface area contributed by atoms with Crippen molar-refractivity contribution in [2.75, 3.05) is 5.75 Å². The molecule has 1 aromatic rings. The molecule has 0 aliphatic rings. The first kappa shape index (κ1) is 13.9. The average molecular weight is 249 g/mol. The third kappa shape index (κ3) is 3.98. The van der Waals surface area contributed by atoms with Gasteiger partial charge in [0, 0.05) is 10.6 Å². The van der Waals surface area contributed by atoms with E-state index in [0.717, 1.165) is 16.0 Å². The van der Waals surface area contributed by atoms with Gasteiger partial charge in [-0.1, -0.05) is 12.1 Å². The van der Waals surface area contributed by atoms with E-state index in [0.29, 0.717) is 12.2 Å². The molecular formula is C14H19NOS. The monoisotopic (exact) mass is 249 g/mol. The molecule has 0 amide bonds. The molecular weight excluding hydrogens is 230 g/mol. The first-order valence-corrected chi connectivity index (χ1v) is 7.04. The van der Waals surface area contributed by atoms with Gasteiger partial charge in [-0.05, 0) is 51.3 Å². The van der Waals surface area contributed by atoms with Gasteiger partial charge in [0.15, 0.2) is 0 Å². The fraction of sp³-hybridized carbons (Fsp3) is 0.500. The van der Waals surface area contributed by atoms with Gasteiger partial charge in [0.2, 0.25) is 0 Å². The molecule has 1 unspecified atom stereocenters. The maximum absolute atomic E-state index is 12.2. The predicted molar refractivity (Wildman–Crippen MR) is 71.2 cm³/mol. The smallest absolute Gasteiger partial charge is 0.0684 e. The minimum atomic E-state index is -1.00. The van der Waals surface area contributed by atoms with E-state index in [4.69, 9.17) is 5.26 Å². The third-order valence-electron chi connectivity index (χ3n) is 2.80. The SMILES string of the molecule is Cc1ccc(C)c(S(=O)CCC(C)(C)C#N)c1. The van der Waals surface area contributed by atoms with Crippen molar-refractivity contribution in [2.24, 2.45) is 5.41 Å². The second-order valence-electron chi connectivity index (χ2n) is 5.06. The van der Waals surface area contributed by atoms with Crippen molar-refractivity contribution >= 4 is 10.8 Å². The predicted octanol–water partition coefficient (Wildman–Crippen LogP) is 3.35. The molecule has 1 aromatic carbocycles. The minimum absolute atomic E-state index is 0.395. The summed E-state index contributed by atoms with van der Waals surface area (Å²) in [7, 11) is -1.00. The summed E-state index contributed by atoms with van der Waals surface area (Å²) in [4.78, 5) is 0.902. The van der Waals surface area contributed by atoms with Crippen LogP contribution in [0, 0.1) is 30.6 Å². The van der Waals surface area contributed by atoms with Crippen LogP contribution in [0.2, 0.25) is 0 Å². The van der Waals surface area contributed by atoms with Crippen molar-refractivity contribution in [3.05, 3.63) is 29.3 Å². The highest BCUT2D eigenvalue weighted by Gasteiger charge is 2.18. The van der Waals surface area contributed by atoms with E-state index >= 15 is 0 Å². The molecule has 0 saturated heterocycles. The van der Waals surface area contributed by atoms with Gasteiger partial charge < -0.3 is 0 Å². The molecule has 0 fully saturated rings. The summed E-state index contributed by atoms with van der Waals surface area (Å²) in [5.41, 5.74) is 1.79. The van der Waals surface area contributed by atoms with E-state index in [1.165, 1.54) is 0 Å². The number of hydrogen-bond donors (Lipinski definition) is 0. The van der Waals surface area contributed by atoms with Crippen LogP contribution in [0.4, 0.5) is 0 Å². The molecule has 0 aromatic heterocycles. The van der Waals surface area contributed by atoms with E-state index in [-0.39, 0.29) is 0 Å². The highest BCUT2D eigenvalue weighted by molar-refractivity contribution is 7.85. The molecule has 1 rings (SSSR count). The molecule has 2 nitrogen and oxygen atoms in total. The van der Waals surface area contributed by atoms with Crippen LogP contribution in [0.1, 0.15) is 31.4 Å². The number of benzene rings is 1. The summed E-state index contributed by atoms with van der Waals surface area (Å²) in [5, 5.41) is 8.93. The lowest BCUT2D eigenvalue weighted by molar-refractivity contribution is 0.479. The van der Waals surface area contributed by atoms with E-state index in [1.54, 1.807) is 0 Å². The topological polar surface area (TPSA) is 40.9 Å². The van der Waals surface area contributed by atoms with Crippen LogP contribution in [0.25, 0.3) is 0 Å². The molecule has 17 heavy (non-hydrogen) atoms. The van der Waals surface area contributed by atoms with Gasteiger partial charge in [-0.15, -0.1) is 0 Å². The number of nitriles is 1. The summed E-state index contributed by atoms with van der Waals surface area (Å²) in [5.74, 6) is 0.546. The minimum Gasteiger partial charge on any atom is -0.254 e. The first-order valence-electron chi connectivity index (χ1n) is 5.72. The molecule has 92 valence electrons. The van der Waals surface area contributed by atoms with Crippen LogP contribution in [0.15, 0.2) is 23.1 Å². The molecule has 0 saturated carbocycles. The Morgan fingerprint density at radius 3 is 2.59 bits per heavy atom. The summed E-state index contributed by atoms with van der Waals surface area (Å²) < 4.78 is 12.2. The average Bonchev–Trinajstić information content (AvgIpc) is 2.29. The quantitative estimate of drug-likeness (QED) is 0.821. The standard InChI is InChI=1S/C14H19NOS/c1-11-5-6-12(2)13(9-11)17(16)8-7-14(3,4)10-15/h5-6,9H,7-8H2,1-4H3. The van der Waals surface area contributed by atoms with Gasteiger partial charge in [0.1, 0.15) is 0 Å². The van der Waals surface area contributed by atoms with Gasteiger partial charge in [-0.25, -0.2) is 0 Å². The molecule has 0 bridgehead atoms. The molecule has 0 heterocycles. The van der Waals surface area contributed by atoms with Crippen molar-refractivity contribution in [3.8, 4) is 6.07 Å². The summed E-state index contributed by atoms with van der Waals surface area (Å²) in [6.45, 7) is 7.74. The van der Waals surface area contributed by atoms with Gasteiger partial charge in [0.25, 0.3) is 0 Å². The fourth-order valence-corrected chi connectivity index (χ4v) is 3.13. The normalized spacial score (nSPS) is 13.1. The van der Waals surface area contributed by atoms with Crippen molar-refractivity contribution in [3.63, 3.8) is 0 Å². The Morgan fingerprint density at radius 2 is 2.00 bits per heavy atom. The lowest BCUT2D eigenvalue weighted by Gasteiger charge is -2.15. The second-order valence-corrected chi connectivity index (χ2v) is 6.60. The van der Waals surface area contributed by atoms with E-state index in [9.17, 15) is 4.21 Å². The Labute approximate surface area is 106 Å². The number of nitrogens with zero attached hydrogens (tertiary/aromatic N) is 1. The van der Waals surface area contributed by atoms with Gasteiger partial charge in [-0.3, -0.25) is 4.21 Å². The largest absolute Gasteiger partial charge is 0.254 e. The molecule has 1 atom stereocenters. The second kappa shape index (κ2) is 5.46. The highest BCUT2D eigenvalue weighted by atomic mass is 32.2. The van der Waals surface area contributed by atoms with E-state index < -0.39 is 16.2 Å². The molecule has 0 N–H and O–H groups in total. The van der Waals surface area contributed by atoms with Crippen LogP contribution < -0.4 is 0 Å². The zero-order chi connectivity index (χ0) is 13.1. The lowest BCUT2D eigenvalue weighted by atomic mass is 9.93. The first-order chi connectivity index (χ1) is 7.85. The lowest BCUT2D eigenvalue weighted by Crippen LogP contribution is -2.13. The van der Waals surface area contributed by atoms with Gasteiger partial charge >= 0.3 is 0 Å². The molecule has 0 radical (unpaired) electrons. The van der Waals surface area contributed by atoms with Crippen LogP contribution in [-0.2, 0) is 10.8 Å². The van der Waals surface area contributed by atoms with Crippen LogP contribution in [0.3, 0.4) is 0 Å². The maximum atomic E-state index is 12.2. The van der Waals surface area contributed by atoms with Gasteiger partial charge in [-0.2, -0.15) is 5.26 Å². The Balaban J connectivity index is 2.78.